The van der Waals surface area contributed by atoms with Crippen LogP contribution in [0.15, 0.2) is 23.4 Å². The van der Waals surface area contributed by atoms with Crippen LogP contribution in [0.3, 0.4) is 0 Å². The quantitative estimate of drug-likeness (QED) is 0.536. The number of anilines is 1. The zero-order chi connectivity index (χ0) is 12.7. The first-order valence-electron chi connectivity index (χ1n) is 5.30. The number of nitrogens with one attached hydrogen (secondary N) is 2. The number of sulfonamides is 1. The molecule has 4 N–H and O–H groups in total. The summed E-state index contributed by atoms with van der Waals surface area (Å²) in [6, 6.07) is 1.51. The average Bonchev–Trinajstić information content (AvgIpc) is 2.85. The van der Waals surface area contributed by atoms with Crippen LogP contribution in [0.25, 0.3) is 0 Å². The van der Waals surface area contributed by atoms with Gasteiger partial charge in [0, 0.05) is 18.4 Å². The number of hydrazine groups is 1. The van der Waals surface area contributed by atoms with Crippen molar-refractivity contribution in [1.29, 1.82) is 0 Å². The number of hydrogen-bond acceptors (Lipinski definition) is 5. The zero-order valence-corrected chi connectivity index (χ0v) is 10.6. The van der Waals surface area contributed by atoms with Crippen LogP contribution in [0.5, 0.6) is 0 Å². The highest BCUT2D eigenvalue weighted by Gasteiger charge is 2.48. The Morgan fingerprint density at radius 1 is 1.53 bits per heavy atom. The molecule has 17 heavy (non-hydrogen) atoms. The molecule has 1 saturated carbocycles. The molecule has 1 aromatic heterocycles. The zero-order valence-electron chi connectivity index (χ0n) is 9.77. The summed E-state index contributed by atoms with van der Waals surface area (Å²) >= 11 is 0. The van der Waals surface area contributed by atoms with Gasteiger partial charge in [-0.2, -0.15) is 0 Å². The Hall–Kier alpha value is -1.18. The van der Waals surface area contributed by atoms with Crippen molar-refractivity contribution in [2.45, 2.75) is 31.2 Å². The lowest BCUT2D eigenvalue weighted by Gasteiger charge is -2.11. The van der Waals surface area contributed by atoms with Gasteiger partial charge in [0.1, 0.15) is 4.90 Å². The molecule has 1 atom stereocenters. The monoisotopic (exact) mass is 256 g/mol. The van der Waals surface area contributed by atoms with Crippen molar-refractivity contribution < 1.29 is 8.42 Å². The third-order valence-electron chi connectivity index (χ3n) is 3.04. The maximum atomic E-state index is 12.1. The van der Waals surface area contributed by atoms with Crippen molar-refractivity contribution in [2.75, 3.05) is 5.43 Å². The maximum Gasteiger partial charge on any atom is 0.244 e. The Bertz CT molecular complexity index is 527. The Kier molecular flexibility index (Phi) is 2.84. The van der Waals surface area contributed by atoms with Crippen LogP contribution < -0.4 is 16.0 Å². The summed E-state index contributed by atoms with van der Waals surface area (Å²) in [4.78, 5) is 3.88. The minimum atomic E-state index is -3.57. The molecule has 0 aromatic carbocycles. The molecule has 1 aliphatic carbocycles. The average molecular weight is 256 g/mol. The molecule has 1 aliphatic rings. The number of nitrogen functional groups attached to an aromatic ring is 1. The number of hydrogen-bond donors (Lipinski definition) is 3. The van der Waals surface area contributed by atoms with E-state index in [2.05, 4.69) is 15.1 Å². The second-order valence-corrected chi connectivity index (χ2v) is 6.57. The Labute approximate surface area is 101 Å². The van der Waals surface area contributed by atoms with E-state index in [4.69, 9.17) is 5.84 Å². The lowest BCUT2D eigenvalue weighted by atomic mass is 10.2. The normalized spacial score (nSPS) is 22.2. The fourth-order valence-electron chi connectivity index (χ4n) is 1.63. The van der Waals surface area contributed by atoms with E-state index < -0.39 is 10.0 Å². The Morgan fingerprint density at radius 2 is 2.18 bits per heavy atom. The van der Waals surface area contributed by atoms with Gasteiger partial charge in [0.25, 0.3) is 0 Å². The first-order chi connectivity index (χ1) is 7.87. The third-order valence-corrected chi connectivity index (χ3v) is 4.54. The summed E-state index contributed by atoms with van der Waals surface area (Å²) in [5, 5.41) is 0. The van der Waals surface area contributed by atoms with Gasteiger partial charge in [-0.3, -0.25) is 10.8 Å². The van der Waals surface area contributed by atoms with Gasteiger partial charge in [0.2, 0.25) is 10.0 Å². The number of nitrogens with two attached hydrogens (primary N) is 1. The molecule has 7 heteroatoms. The molecule has 6 nitrogen and oxygen atoms in total. The number of nitrogens with zero attached hydrogens (tertiary/aromatic N) is 1. The summed E-state index contributed by atoms with van der Waals surface area (Å²) in [6.07, 6.45) is 3.61. The minimum absolute atomic E-state index is 0.0154. The van der Waals surface area contributed by atoms with Gasteiger partial charge < -0.3 is 5.43 Å². The van der Waals surface area contributed by atoms with Gasteiger partial charge in [-0.25, -0.2) is 13.1 Å². The van der Waals surface area contributed by atoms with Crippen LogP contribution in [0.1, 0.15) is 20.3 Å². The largest absolute Gasteiger partial charge is 0.323 e. The van der Waals surface area contributed by atoms with Crippen LogP contribution in [0.2, 0.25) is 0 Å². The van der Waals surface area contributed by atoms with E-state index in [1.54, 1.807) is 0 Å². The summed E-state index contributed by atoms with van der Waals surface area (Å²) in [5.41, 5.74) is 2.73. The van der Waals surface area contributed by atoms with Crippen LogP contribution in [0.4, 0.5) is 5.69 Å². The molecular weight excluding hydrogens is 240 g/mol. The van der Waals surface area contributed by atoms with Crippen LogP contribution in [-0.4, -0.2) is 19.4 Å². The van der Waals surface area contributed by atoms with E-state index in [1.807, 2.05) is 13.8 Å². The first kappa shape index (κ1) is 12.3. The Morgan fingerprint density at radius 3 is 2.71 bits per heavy atom. The highest BCUT2D eigenvalue weighted by Crippen LogP contribution is 2.45. The van der Waals surface area contributed by atoms with Gasteiger partial charge >= 0.3 is 0 Å². The smallest absolute Gasteiger partial charge is 0.244 e. The Balaban J connectivity index is 2.26. The second-order valence-electron chi connectivity index (χ2n) is 4.88. The van der Waals surface area contributed by atoms with E-state index in [1.165, 1.54) is 18.5 Å². The molecule has 0 radical (unpaired) electrons. The number of aromatic nitrogens is 1. The fourth-order valence-corrected chi connectivity index (χ4v) is 3.15. The molecule has 1 fully saturated rings. The molecule has 0 aliphatic heterocycles. The molecule has 0 bridgehead atoms. The van der Waals surface area contributed by atoms with Crippen molar-refractivity contribution >= 4 is 15.7 Å². The predicted octanol–water partition coefficient (Wildman–Crippen LogP) is 0.444. The topological polar surface area (TPSA) is 97.1 Å². The van der Waals surface area contributed by atoms with E-state index in [0.29, 0.717) is 5.69 Å². The van der Waals surface area contributed by atoms with Crippen molar-refractivity contribution in [3.8, 4) is 0 Å². The molecule has 1 unspecified atom stereocenters. The first-order valence-corrected chi connectivity index (χ1v) is 6.78. The molecule has 0 spiro atoms. The lowest BCUT2D eigenvalue weighted by Crippen LogP contribution is -2.29. The third kappa shape index (κ3) is 2.41. The predicted molar refractivity (Wildman–Crippen MR) is 64.6 cm³/mol. The van der Waals surface area contributed by atoms with E-state index in [0.717, 1.165) is 6.42 Å². The van der Waals surface area contributed by atoms with Crippen LogP contribution >= 0.6 is 0 Å². The molecule has 1 heterocycles. The fraction of sp³-hybridized carbons (Fsp3) is 0.500. The molecule has 0 saturated heterocycles. The molecule has 0 amide bonds. The van der Waals surface area contributed by atoms with Crippen molar-refractivity contribution in [1.82, 2.24) is 9.71 Å². The molecule has 2 rings (SSSR count). The van der Waals surface area contributed by atoms with Crippen molar-refractivity contribution in [3.63, 3.8) is 0 Å². The SMILES string of the molecule is CC1(C)CC1NS(=O)(=O)c1cnccc1NN. The van der Waals surface area contributed by atoms with Gasteiger partial charge in [-0.05, 0) is 17.9 Å². The van der Waals surface area contributed by atoms with Gasteiger partial charge in [-0.15, -0.1) is 0 Å². The van der Waals surface area contributed by atoms with Gasteiger partial charge in [-0.1, -0.05) is 13.8 Å². The lowest BCUT2D eigenvalue weighted by molar-refractivity contribution is 0.555. The van der Waals surface area contributed by atoms with Crippen LogP contribution in [-0.2, 0) is 10.0 Å². The highest BCUT2D eigenvalue weighted by molar-refractivity contribution is 7.89. The van der Waals surface area contributed by atoms with Crippen molar-refractivity contribution in [2.24, 2.45) is 11.3 Å². The maximum absolute atomic E-state index is 12.1. The molecule has 1 aromatic rings. The second kappa shape index (κ2) is 3.94. The molecule has 94 valence electrons. The molecular formula is C10H16N4O2S. The highest BCUT2D eigenvalue weighted by atomic mass is 32.2. The van der Waals surface area contributed by atoms with E-state index >= 15 is 0 Å². The summed E-state index contributed by atoms with van der Waals surface area (Å²) in [7, 11) is -3.57. The van der Waals surface area contributed by atoms with E-state index in [-0.39, 0.29) is 16.4 Å². The van der Waals surface area contributed by atoms with E-state index in [9.17, 15) is 8.42 Å². The summed E-state index contributed by atoms with van der Waals surface area (Å²) in [5.74, 6) is 5.28. The van der Waals surface area contributed by atoms with Crippen molar-refractivity contribution in [3.05, 3.63) is 18.5 Å². The summed E-state index contributed by atoms with van der Waals surface area (Å²) < 4.78 is 26.9. The number of rotatable bonds is 4. The standard InChI is InChI=1S/C10H16N4O2S/c1-10(2)5-9(10)14-17(15,16)8-6-12-4-3-7(8)13-11/h3-4,6,9,14H,5,11H2,1-2H3,(H,12,13). The van der Waals surface area contributed by atoms with Gasteiger partial charge in [0.05, 0.1) is 5.69 Å². The number of pyridine rings is 1. The van der Waals surface area contributed by atoms with Gasteiger partial charge in [0.15, 0.2) is 0 Å². The van der Waals surface area contributed by atoms with Crippen LogP contribution in [0, 0.1) is 5.41 Å². The summed E-state index contributed by atoms with van der Waals surface area (Å²) in [6.45, 7) is 4.04. The minimum Gasteiger partial charge on any atom is -0.323 e.